The van der Waals surface area contributed by atoms with Gasteiger partial charge in [0.05, 0.1) is 10.7 Å². The lowest BCUT2D eigenvalue weighted by atomic mass is 10.0. The average Bonchev–Trinajstić information content (AvgIpc) is 3.27. The van der Waals surface area contributed by atoms with E-state index in [1.165, 1.54) is 42.7 Å². The van der Waals surface area contributed by atoms with Gasteiger partial charge in [-0.3, -0.25) is 4.79 Å². The number of amides is 1. The predicted octanol–water partition coefficient (Wildman–Crippen LogP) is 3.19. The average molecular weight is 307 g/mol. The first-order valence-electron chi connectivity index (χ1n) is 8.01. The molecular formula is C16H25N3OS. The Hall–Kier alpha value is -1.23. The lowest BCUT2D eigenvalue weighted by Crippen LogP contribution is -2.24. The molecule has 1 saturated carbocycles. The normalized spacial score (nSPS) is 23.0. The Kier molecular flexibility index (Phi) is 4.11. The highest BCUT2D eigenvalue weighted by molar-refractivity contribution is 7.18. The Morgan fingerprint density at radius 1 is 1.29 bits per heavy atom. The zero-order valence-corrected chi connectivity index (χ0v) is 13.8. The van der Waals surface area contributed by atoms with Crippen molar-refractivity contribution >= 4 is 27.9 Å². The molecule has 1 atom stereocenters. The van der Waals surface area contributed by atoms with Crippen LogP contribution in [-0.4, -0.2) is 26.0 Å². The van der Waals surface area contributed by atoms with Gasteiger partial charge in [0, 0.05) is 25.7 Å². The molecular weight excluding hydrogens is 282 g/mol. The molecule has 2 heterocycles. The van der Waals surface area contributed by atoms with Crippen molar-refractivity contribution in [2.75, 3.05) is 30.8 Å². The summed E-state index contributed by atoms with van der Waals surface area (Å²) in [6, 6.07) is 0. The van der Waals surface area contributed by atoms with E-state index in [1.807, 2.05) is 0 Å². The van der Waals surface area contributed by atoms with Crippen LogP contribution < -0.4 is 16.0 Å². The van der Waals surface area contributed by atoms with Gasteiger partial charge in [0.2, 0.25) is 0 Å². The smallest absolute Gasteiger partial charge is 0.263 e. The third kappa shape index (κ3) is 2.89. The summed E-state index contributed by atoms with van der Waals surface area (Å²) in [4.78, 5) is 15.2. The summed E-state index contributed by atoms with van der Waals surface area (Å²) in [5, 5.41) is 3.98. The van der Waals surface area contributed by atoms with Crippen LogP contribution in [-0.2, 0) is 0 Å². The van der Waals surface area contributed by atoms with E-state index in [0.717, 1.165) is 24.7 Å². The number of thiophene rings is 1. The minimum atomic E-state index is -0.0474. The molecule has 2 aliphatic rings. The molecule has 21 heavy (non-hydrogen) atoms. The van der Waals surface area contributed by atoms with E-state index < -0.39 is 0 Å². The molecule has 2 fully saturated rings. The molecule has 1 unspecified atom stereocenters. The van der Waals surface area contributed by atoms with Crippen LogP contribution in [0.1, 0.15) is 60.2 Å². The molecule has 4 nitrogen and oxygen atoms in total. The van der Waals surface area contributed by atoms with Crippen molar-refractivity contribution in [1.29, 1.82) is 0 Å². The van der Waals surface area contributed by atoms with Crippen molar-refractivity contribution in [3.05, 3.63) is 10.4 Å². The molecule has 1 aliphatic heterocycles. The van der Waals surface area contributed by atoms with Crippen LogP contribution in [0.4, 0.5) is 10.7 Å². The molecule has 1 aromatic heterocycles. The number of nitrogens with two attached hydrogens (primary N) is 1. The number of anilines is 2. The standard InChI is InChI=1S/C16H25N3OS/c1-10-4-3-8-19(9-7-10)16-12(11-5-6-11)13(17)14(21-16)15(20)18-2/h10-11H,3-9,17H2,1-2H3,(H,18,20). The van der Waals surface area contributed by atoms with Gasteiger partial charge in [-0.15, -0.1) is 11.3 Å². The van der Waals surface area contributed by atoms with Crippen molar-refractivity contribution in [2.45, 2.75) is 44.9 Å². The van der Waals surface area contributed by atoms with Crippen molar-refractivity contribution in [3.63, 3.8) is 0 Å². The topological polar surface area (TPSA) is 58.4 Å². The Labute approximate surface area is 130 Å². The maximum atomic E-state index is 12.0. The first-order valence-corrected chi connectivity index (χ1v) is 8.82. The Balaban J connectivity index is 1.94. The Morgan fingerprint density at radius 2 is 2.05 bits per heavy atom. The molecule has 0 aromatic carbocycles. The van der Waals surface area contributed by atoms with E-state index in [9.17, 15) is 4.79 Å². The van der Waals surface area contributed by atoms with E-state index in [-0.39, 0.29) is 5.91 Å². The summed E-state index contributed by atoms with van der Waals surface area (Å²) in [7, 11) is 1.67. The van der Waals surface area contributed by atoms with Gasteiger partial charge in [-0.25, -0.2) is 0 Å². The van der Waals surface area contributed by atoms with Crippen LogP contribution in [0.3, 0.4) is 0 Å². The molecule has 1 aliphatic carbocycles. The van der Waals surface area contributed by atoms with Crippen molar-refractivity contribution < 1.29 is 4.79 Å². The molecule has 0 spiro atoms. The number of hydrogen-bond acceptors (Lipinski definition) is 4. The lowest BCUT2D eigenvalue weighted by Gasteiger charge is -2.22. The van der Waals surface area contributed by atoms with Crippen molar-refractivity contribution in [1.82, 2.24) is 5.32 Å². The molecule has 5 heteroatoms. The second kappa shape index (κ2) is 5.87. The number of carbonyl (C=O) groups excluding carboxylic acids is 1. The number of rotatable bonds is 3. The molecule has 1 aromatic rings. The third-order valence-corrected chi connectivity index (χ3v) is 5.97. The number of nitrogens with zero attached hydrogens (tertiary/aromatic N) is 1. The van der Waals surface area contributed by atoms with Crippen LogP contribution in [0.25, 0.3) is 0 Å². The van der Waals surface area contributed by atoms with E-state index >= 15 is 0 Å². The van der Waals surface area contributed by atoms with E-state index in [1.54, 1.807) is 18.4 Å². The molecule has 1 saturated heterocycles. The lowest BCUT2D eigenvalue weighted by molar-refractivity contribution is 0.0968. The van der Waals surface area contributed by atoms with Gasteiger partial charge in [0.25, 0.3) is 5.91 Å². The first-order chi connectivity index (χ1) is 10.1. The third-order valence-electron chi connectivity index (χ3n) is 4.69. The quantitative estimate of drug-likeness (QED) is 0.901. The van der Waals surface area contributed by atoms with Gasteiger partial charge < -0.3 is 16.0 Å². The molecule has 1 amide bonds. The summed E-state index contributed by atoms with van der Waals surface area (Å²) in [5.41, 5.74) is 8.31. The molecule has 3 rings (SSSR count). The summed E-state index contributed by atoms with van der Waals surface area (Å²) in [6.45, 7) is 4.52. The van der Waals surface area contributed by atoms with Crippen LogP contribution in [0.5, 0.6) is 0 Å². The second-order valence-corrected chi connectivity index (χ2v) is 7.44. The number of nitrogen functional groups attached to an aromatic ring is 1. The van der Waals surface area contributed by atoms with Gasteiger partial charge in [-0.2, -0.15) is 0 Å². The zero-order valence-electron chi connectivity index (χ0n) is 12.9. The first kappa shape index (κ1) is 14.7. The summed E-state index contributed by atoms with van der Waals surface area (Å²) in [5.74, 6) is 1.33. The minimum Gasteiger partial charge on any atom is -0.397 e. The summed E-state index contributed by atoms with van der Waals surface area (Å²) >= 11 is 1.59. The molecule has 3 N–H and O–H groups in total. The zero-order chi connectivity index (χ0) is 15.0. The van der Waals surface area contributed by atoms with E-state index in [0.29, 0.717) is 10.8 Å². The SMILES string of the molecule is CNC(=O)c1sc(N2CCCC(C)CC2)c(C2CC2)c1N. The minimum absolute atomic E-state index is 0.0474. The fraction of sp³-hybridized carbons (Fsp3) is 0.688. The second-order valence-electron chi connectivity index (χ2n) is 6.44. The highest BCUT2D eigenvalue weighted by Gasteiger charge is 2.34. The fourth-order valence-electron chi connectivity index (χ4n) is 3.19. The summed E-state index contributed by atoms with van der Waals surface area (Å²) < 4.78 is 0. The van der Waals surface area contributed by atoms with Crippen LogP contribution >= 0.6 is 11.3 Å². The largest absolute Gasteiger partial charge is 0.397 e. The summed E-state index contributed by atoms with van der Waals surface area (Å²) in [6.07, 6.45) is 6.20. The van der Waals surface area contributed by atoms with Gasteiger partial charge in [-0.1, -0.05) is 6.92 Å². The molecule has 0 bridgehead atoms. The highest BCUT2D eigenvalue weighted by Crippen LogP contribution is 2.52. The Bertz CT molecular complexity index is 536. The van der Waals surface area contributed by atoms with E-state index in [2.05, 4.69) is 17.1 Å². The highest BCUT2D eigenvalue weighted by atomic mass is 32.1. The Morgan fingerprint density at radius 3 is 2.71 bits per heavy atom. The van der Waals surface area contributed by atoms with E-state index in [4.69, 9.17) is 5.73 Å². The maximum Gasteiger partial charge on any atom is 0.263 e. The number of hydrogen-bond donors (Lipinski definition) is 2. The molecule has 116 valence electrons. The number of carbonyl (C=O) groups is 1. The maximum absolute atomic E-state index is 12.0. The van der Waals surface area contributed by atoms with Crippen LogP contribution in [0.2, 0.25) is 0 Å². The van der Waals surface area contributed by atoms with Gasteiger partial charge in [0.15, 0.2) is 0 Å². The van der Waals surface area contributed by atoms with Crippen molar-refractivity contribution in [2.24, 2.45) is 5.92 Å². The molecule has 0 radical (unpaired) electrons. The van der Waals surface area contributed by atoms with Crippen LogP contribution in [0, 0.1) is 5.92 Å². The van der Waals surface area contributed by atoms with Crippen molar-refractivity contribution in [3.8, 4) is 0 Å². The predicted molar refractivity (Wildman–Crippen MR) is 89.3 cm³/mol. The van der Waals surface area contributed by atoms with Gasteiger partial charge in [0.1, 0.15) is 4.88 Å². The van der Waals surface area contributed by atoms with Gasteiger partial charge in [-0.05, 0) is 43.9 Å². The monoisotopic (exact) mass is 307 g/mol. The van der Waals surface area contributed by atoms with Crippen LogP contribution in [0.15, 0.2) is 0 Å². The van der Waals surface area contributed by atoms with Gasteiger partial charge >= 0.3 is 0 Å². The number of nitrogens with one attached hydrogen (secondary N) is 1. The fourth-order valence-corrected chi connectivity index (χ4v) is 4.50.